The molecule has 0 aliphatic carbocycles. The molecule has 0 N–H and O–H groups in total. The minimum Gasteiger partial charge on any atom is -0.300 e. The van der Waals surface area contributed by atoms with Gasteiger partial charge in [0.1, 0.15) is 11.6 Å². The molecule has 88 valence electrons. The molecular formula is C12H22O3. The first-order valence-electron chi connectivity index (χ1n) is 4.69. The summed E-state index contributed by atoms with van der Waals surface area (Å²) in [4.78, 5) is 29.1. The summed E-state index contributed by atoms with van der Waals surface area (Å²) in [7, 11) is 0. The van der Waals surface area contributed by atoms with Gasteiger partial charge in [0.05, 0.1) is 0 Å². The molecule has 0 amide bonds. The average molecular weight is 214 g/mol. The molecule has 0 saturated heterocycles. The van der Waals surface area contributed by atoms with Gasteiger partial charge in [0.2, 0.25) is 0 Å². The minimum absolute atomic E-state index is 0.125. The molecular weight excluding hydrogens is 192 g/mol. The molecule has 0 saturated carbocycles. The summed E-state index contributed by atoms with van der Waals surface area (Å²) >= 11 is 0. The minimum atomic E-state index is 0.125. The van der Waals surface area contributed by atoms with Gasteiger partial charge >= 0.3 is 0 Å². The Morgan fingerprint density at radius 2 is 0.867 bits per heavy atom. The number of hydrogen-bond donors (Lipinski definition) is 0. The van der Waals surface area contributed by atoms with E-state index in [1.807, 2.05) is 13.8 Å². The molecule has 0 aliphatic heterocycles. The van der Waals surface area contributed by atoms with E-state index >= 15 is 0 Å². The highest BCUT2D eigenvalue weighted by Gasteiger charge is 1.80. The van der Waals surface area contributed by atoms with Crippen molar-refractivity contribution in [3.8, 4) is 0 Å². The van der Waals surface area contributed by atoms with Gasteiger partial charge in [0.25, 0.3) is 0 Å². The highest BCUT2D eigenvalue weighted by Crippen LogP contribution is 1.86. The standard InChI is InChI=1S/C6H10O.2C3H6O/c1-5(2)4-6(3)7;2*1-3(2)4/h4H,1-3H3;2*1-2H3. The summed E-state index contributed by atoms with van der Waals surface area (Å²) < 4.78 is 0. The molecule has 0 bridgehead atoms. The fourth-order valence-corrected chi connectivity index (χ4v) is 0.407. The molecule has 0 aromatic heterocycles. The van der Waals surface area contributed by atoms with Crippen LogP contribution in [0.2, 0.25) is 0 Å². The fourth-order valence-electron chi connectivity index (χ4n) is 0.407. The Bertz CT molecular complexity index is 213. The number of carbonyl (C=O) groups excluding carboxylic acids is 3. The van der Waals surface area contributed by atoms with E-state index < -0.39 is 0 Å². The van der Waals surface area contributed by atoms with Crippen LogP contribution in [0.3, 0.4) is 0 Å². The summed E-state index contributed by atoms with van der Waals surface area (Å²) in [5.74, 6) is 0.458. The van der Waals surface area contributed by atoms with E-state index in [1.54, 1.807) is 13.0 Å². The topological polar surface area (TPSA) is 51.2 Å². The summed E-state index contributed by atoms with van der Waals surface area (Å²) in [6.07, 6.45) is 1.61. The second kappa shape index (κ2) is 12.8. The van der Waals surface area contributed by atoms with Crippen LogP contribution in [-0.2, 0) is 14.4 Å². The number of carbonyl (C=O) groups is 3. The number of ketones is 3. The van der Waals surface area contributed by atoms with Crippen molar-refractivity contribution in [1.29, 1.82) is 0 Å². The lowest BCUT2D eigenvalue weighted by Gasteiger charge is -1.80. The fraction of sp³-hybridized carbons (Fsp3) is 0.583. The molecule has 0 aliphatic rings. The summed E-state index contributed by atoms with van der Waals surface area (Å²) in [5.41, 5.74) is 1.06. The Morgan fingerprint density at radius 1 is 0.667 bits per heavy atom. The Morgan fingerprint density at radius 3 is 0.867 bits per heavy atom. The highest BCUT2D eigenvalue weighted by atomic mass is 16.1. The monoisotopic (exact) mass is 214 g/mol. The van der Waals surface area contributed by atoms with Crippen molar-refractivity contribution in [2.75, 3.05) is 0 Å². The van der Waals surface area contributed by atoms with Gasteiger partial charge in [0.15, 0.2) is 5.78 Å². The van der Waals surface area contributed by atoms with Crippen molar-refractivity contribution in [2.45, 2.75) is 48.5 Å². The molecule has 0 aromatic carbocycles. The van der Waals surface area contributed by atoms with Crippen molar-refractivity contribution in [3.05, 3.63) is 11.6 Å². The molecule has 0 unspecified atom stereocenters. The van der Waals surface area contributed by atoms with E-state index in [0.29, 0.717) is 0 Å². The van der Waals surface area contributed by atoms with Gasteiger partial charge in [0, 0.05) is 0 Å². The van der Waals surface area contributed by atoms with Crippen LogP contribution in [0.1, 0.15) is 48.5 Å². The zero-order valence-corrected chi connectivity index (χ0v) is 10.8. The summed E-state index contributed by atoms with van der Waals surface area (Å²) in [6, 6.07) is 0. The van der Waals surface area contributed by atoms with Crippen LogP contribution in [0.4, 0.5) is 0 Å². The second-order valence-electron chi connectivity index (χ2n) is 3.65. The Kier molecular flexibility index (Phi) is 16.4. The van der Waals surface area contributed by atoms with E-state index in [0.717, 1.165) is 5.57 Å². The van der Waals surface area contributed by atoms with E-state index in [1.165, 1.54) is 27.7 Å². The highest BCUT2D eigenvalue weighted by molar-refractivity contribution is 5.87. The lowest BCUT2D eigenvalue weighted by atomic mass is 10.3. The van der Waals surface area contributed by atoms with Crippen LogP contribution < -0.4 is 0 Å². The van der Waals surface area contributed by atoms with Crippen molar-refractivity contribution >= 4 is 17.3 Å². The maximum Gasteiger partial charge on any atom is 0.152 e. The largest absolute Gasteiger partial charge is 0.300 e. The normalized spacial score (nSPS) is 7.13. The van der Waals surface area contributed by atoms with Crippen LogP contribution in [0.25, 0.3) is 0 Å². The van der Waals surface area contributed by atoms with Gasteiger partial charge in [-0.15, -0.1) is 0 Å². The molecule has 0 heterocycles. The zero-order valence-electron chi connectivity index (χ0n) is 10.8. The second-order valence-corrected chi connectivity index (χ2v) is 3.65. The number of allylic oxidation sites excluding steroid dienone is 2. The van der Waals surface area contributed by atoms with Crippen molar-refractivity contribution in [3.63, 3.8) is 0 Å². The van der Waals surface area contributed by atoms with Crippen molar-refractivity contribution < 1.29 is 14.4 Å². The van der Waals surface area contributed by atoms with Crippen LogP contribution >= 0.6 is 0 Å². The van der Waals surface area contributed by atoms with Crippen molar-refractivity contribution in [2.24, 2.45) is 0 Å². The van der Waals surface area contributed by atoms with Gasteiger partial charge in [-0.2, -0.15) is 0 Å². The molecule has 0 rings (SSSR count). The maximum absolute atomic E-state index is 10.2. The number of hydrogen-bond acceptors (Lipinski definition) is 3. The van der Waals surface area contributed by atoms with Gasteiger partial charge < -0.3 is 9.59 Å². The quantitative estimate of drug-likeness (QED) is 0.631. The van der Waals surface area contributed by atoms with Crippen LogP contribution in [0, 0.1) is 0 Å². The molecule has 3 nitrogen and oxygen atoms in total. The Balaban J connectivity index is -0.000000155. The molecule has 0 spiro atoms. The molecule has 0 atom stereocenters. The number of rotatable bonds is 1. The zero-order chi connectivity index (χ0) is 13.0. The first-order valence-corrected chi connectivity index (χ1v) is 4.69. The predicted octanol–water partition coefficient (Wildman–Crippen LogP) is 2.73. The third kappa shape index (κ3) is 195. The van der Waals surface area contributed by atoms with E-state index in [9.17, 15) is 14.4 Å². The SMILES string of the molecule is CC(=O)C=C(C)C.CC(C)=O.CC(C)=O. The first-order chi connectivity index (χ1) is 6.59. The Hall–Kier alpha value is -1.25. The van der Waals surface area contributed by atoms with Crippen LogP contribution in [0.5, 0.6) is 0 Å². The Labute approximate surface area is 92.6 Å². The molecule has 15 heavy (non-hydrogen) atoms. The third-order valence-electron chi connectivity index (χ3n) is 0.492. The lowest BCUT2D eigenvalue weighted by Crippen LogP contribution is -1.80. The average Bonchev–Trinajstić information content (AvgIpc) is 1.78. The maximum atomic E-state index is 10.2. The van der Waals surface area contributed by atoms with Gasteiger partial charge in [-0.3, -0.25) is 4.79 Å². The number of Topliss-reactive ketones (excluding diaryl/α,β-unsaturated/α-hetero) is 2. The molecule has 0 fully saturated rings. The van der Waals surface area contributed by atoms with E-state index in [2.05, 4.69) is 0 Å². The smallest absolute Gasteiger partial charge is 0.152 e. The lowest BCUT2D eigenvalue weighted by molar-refractivity contribution is -0.115. The van der Waals surface area contributed by atoms with Gasteiger partial charge in [-0.1, -0.05) is 5.57 Å². The van der Waals surface area contributed by atoms with Gasteiger partial charge in [-0.05, 0) is 54.5 Å². The van der Waals surface area contributed by atoms with E-state index in [4.69, 9.17) is 0 Å². The van der Waals surface area contributed by atoms with Crippen molar-refractivity contribution in [1.82, 2.24) is 0 Å². The van der Waals surface area contributed by atoms with Crippen LogP contribution in [0.15, 0.2) is 11.6 Å². The van der Waals surface area contributed by atoms with Crippen LogP contribution in [-0.4, -0.2) is 17.3 Å². The predicted molar refractivity (Wildman–Crippen MR) is 62.8 cm³/mol. The van der Waals surface area contributed by atoms with E-state index in [-0.39, 0.29) is 17.3 Å². The molecule has 3 heteroatoms. The van der Waals surface area contributed by atoms with Gasteiger partial charge in [-0.25, -0.2) is 0 Å². The summed E-state index contributed by atoms with van der Waals surface area (Å²) in [6.45, 7) is 11.5. The first kappa shape index (κ1) is 19.3. The summed E-state index contributed by atoms with van der Waals surface area (Å²) in [5, 5.41) is 0. The third-order valence-corrected chi connectivity index (χ3v) is 0.492. The molecule has 0 radical (unpaired) electrons. The molecule has 0 aromatic rings.